The van der Waals surface area contributed by atoms with E-state index in [4.69, 9.17) is 13.9 Å². The number of amides is 2. The molecule has 1 aromatic heterocycles. The average Bonchev–Trinajstić information content (AvgIpc) is 3.30. The van der Waals surface area contributed by atoms with Crippen LogP contribution in [0.4, 0.5) is 0 Å². The quantitative estimate of drug-likeness (QED) is 0.610. The molecule has 2 rings (SSSR count). The first-order chi connectivity index (χ1) is 13.3. The Morgan fingerprint density at radius 1 is 1.25 bits per heavy atom. The van der Waals surface area contributed by atoms with Crippen LogP contribution in [-0.4, -0.2) is 67.7 Å². The van der Waals surface area contributed by atoms with Gasteiger partial charge in [-0.3, -0.25) is 9.59 Å². The van der Waals surface area contributed by atoms with E-state index in [0.29, 0.717) is 32.7 Å². The molecule has 7 nitrogen and oxygen atoms in total. The van der Waals surface area contributed by atoms with E-state index in [1.165, 1.54) is 0 Å². The van der Waals surface area contributed by atoms with Crippen molar-refractivity contribution >= 4 is 11.8 Å². The zero-order chi connectivity index (χ0) is 20.6. The van der Waals surface area contributed by atoms with Crippen molar-refractivity contribution in [2.45, 2.75) is 52.7 Å². The highest BCUT2D eigenvalue weighted by Gasteiger charge is 2.27. The van der Waals surface area contributed by atoms with Crippen molar-refractivity contribution in [1.29, 1.82) is 0 Å². The standard InChI is InChI=1S/C21H34N2O5/c1-21(2,3)13-19(24)22(9-12-26-4)16-20(25)23(14-17-7-5-10-27-17)15-18-8-6-11-28-18/h5,7,10,18H,6,8-9,11-16H2,1-4H3. The first-order valence-electron chi connectivity index (χ1n) is 9.97. The Bertz CT molecular complexity index is 603. The van der Waals surface area contributed by atoms with Crippen LogP contribution >= 0.6 is 0 Å². The third kappa shape index (κ3) is 7.64. The first kappa shape index (κ1) is 22.4. The Morgan fingerprint density at radius 2 is 2.04 bits per heavy atom. The average molecular weight is 395 g/mol. The number of carbonyl (C=O) groups excluding carboxylic acids is 2. The summed E-state index contributed by atoms with van der Waals surface area (Å²) in [5.41, 5.74) is -0.142. The molecule has 0 radical (unpaired) electrons. The molecule has 2 heterocycles. The van der Waals surface area contributed by atoms with E-state index in [0.717, 1.165) is 25.2 Å². The van der Waals surface area contributed by atoms with Gasteiger partial charge in [0.2, 0.25) is 11.8 Å². The molecular weight excluding hydrogens is 360 g/mol. The number of ether oxygens (including phenoxy) is 2. The summed E-state index contributed by atoms with van der Waals surface area (Å²) >= 11 is 0. The van der Waals surface area contributed by atoms with Crippen LogP contribution in [0.1, 0.15) is 45.8 Å². The summed E-state index contributed by atoms with van der Waals surface area (Å²) in [5.74, 6) is 0.578. The van der Waals surface area contributed by atoms with Gasteiger partial charge in [0.15, 0.2) is 0 Å². The van der Waals surface area contributed by atoms with E-state index in [-0.39, 0.29) is 29.9 Å². The molecule has 7 heteroatoms. The minimum Gasteiger partial charge on any atom is -0.467 e. The summed E-state index contributed by atoms with van der Waals surface area (Å²) in [6.07, 6.45) is 3.97. The van der Waals surface area contributed by atoms with Gasteiger partial charge in [-0.2, -0.15) is 0 Å². The van der Waals surface area contributed by atoms with Crippen molar-refractivity contribution < 1.29 is 23.5 Å². The summed E-state index contributed by atoms with van der Waals surface area (Å²) in [6, 6.07) is 3.66. The predicted molar refractivity (Wildman–Crippen MR) is 106 cm³/mol. The fourth-order valence-corrected chi connectivity index (χ4v) is 3.20. The van der Waals surface area contributed by atoms with Gasteiger partial charge < -0.3 is 23.7 Å². The summed E-state index contributed by atoms with van der Waals surface area (Å²) in [6.45, 7) is 8.48. The number of rotatable bonds is 10. The van der Waals surface area contributed by atoms with Crippen molar-refractivity contribution in [3.05, 3.63) is 24.2 Å². The Morgan fingerprint density at radius 3 is 2.61 bits per heavy atom. The first-order valence-corrected chi connectivity index (χ1v) is 9.97. The lowest BCUT2D eigenvalue weighted by Crippen LogP contribution is -2.46. The molecule has 0 N–H and O–H groups in total. The predicted octanol–water partition coefficient (Wildman–Crippen LogP) is 2.70. The third-order valence-corrected chi connectivity index (χ3v) is 4.65. The number of carbonyl (C=O) groups is 2. The third-order valence-electron chi connectivity index (χ3n) is 4.65. The molecule has 2 amide bonds. The Kier molecular flexibility index (Phi) is 8.51. The van der Waals surface area contributed by atoms with Gasteiger partial charge in [-0.05, 0) is 30.4 Å². The fraction of sp³-hybridized carbons (Fsp3) is 0.714. The van der Waals surface area contributed by atoms with E-state index in [1.807, 2.05) is 32.9 Å². The molecule has 0 spiro atoms. The van der Waals surface area contributed by atoms with Crippen LogP contribution in [0.5, 0.6) is 0 Å². The molecule has 0 bridgehead atoms. The van der Waals surface area contributed by atoms with Gasteiger partial charge in [-0.15, -0.1) is 0 Å². The van der Waals surface area contributed by atoms with Crippen LogP contribution in [0, 0.1) is 5.41 Å². The SMILES string of the molecule is COCCN(CC(=O)N(Cc1ccco1)CC1CCCO1)C(=O)CC(C)(C)C. The van der Waals surface area contributed by atoms with Crippen LogP contribution < -0.4 is 0 Å². The Labute approximate surface area is 167 Å². The summed E-state index contributed by atoms with van der Waals surface area (Å²) < 4.78 is 16.3. The van der Waals surface area contributed by atoms with Crippen LogP contribution in [-0.2, 0) is 25.6 Å². The van der Waals surface area contributed by atoms with Crippen molar-refractivity contribution in [3.63, 3.8) is 0 Å². The van der Waals surface area contributed by atoms with E-state index in [2.05, 4.69) is 0 Å². The second kappa shape index (κ2) is 10.6. The highest BCUT2D eigenvalue weighted by molar-refractivity contribution is 5.85. The minimum atomic E-state index is -0.142. The lowest BCUT2D eigenvalue weighted by Gasteiger charge is -2.30. The molecule has 1 aliphatic heterocycles. The van der Waals surface area contributed by atoms with Gasteiger partial charge >= 0.3 is 0 Å². The minimum absolute atomic E-state index is 0.0334. The maximum atomic E-state index is 13.1. The Balaban J connectivity index is 2.06. The molecule has 28 heavy (non-hydrogen) atoms. The lowest BCUT2D eigenvalue weighted by molar-refractivity contribution is -0.143. The van der Waals surface area contributed by atoms with Gasteiger partial charge in [0.1, 0.15) is 5.76 Å². The largest absolute Gasteiger partial charge is 0.467 e. The highest BCUT2D eigenvalue weighted by Crippen LogP contribution is 2.20. The Hall–Kier alpha value is -1.86. The van der Waals surface area contributed by atoms with Crippen LogP contribution in [0.25, 0.3) is 0 Å². The highest BCUT2D eigenvalue weighted by atomic mass is 16.5. The molecule has 0 aliphatic carbocycles. The van der Waals surface area contributed by atoms with Gasteiger partial charge in [-0.1, -0.05) is 20.8 Å². The zero-order valence-corrected chi connectivity index (χ0v) is 17.6. The molecule has 158 valence electrons. The maximum Gasteiger partial charge on any atom is 0.242 e. The second-order valence-corrected chi connectivity index (χ2v) is 8.53. The monoisotopic (exact) mass is 394 g/mol. The van der Waals surface area contributed by atoms with E-state index in [9.17, 15) is 9.59 Å². The van der Waals surface area contributed by atoms with Gasteiger partial charge in [0.05, 0.1) is 32.1 Å². The van der Waals surface area contributed by atoms with Crippen molar-refractivity contribution in [1.82, 2.24) is 9.80 Å². The smallest absolute Gasteiger partial charge is 0.242 e. The van der Waals surface area contributed by atoms with Gasteiger partial charge in [0.25, 0.3) is 0 Å². The molecule has 0 saturated carbocycles. The van der Waals surface area contributed by atoms with Crippen LogP contribution in [0.3, 0.4) is 0 Å². The number of nitrogens with zero attached hydrogens (tertiary/aromatic N) is 2. The van der Waals surface area contributed by atoms with Crippen LogP contribution in [0.2, 0.25) is 0 Å². The van der Waals surface area contributed by atoms with Crippen molar-refractivity contribution in [3.8, 4) is 0 Å². The summed E-state index contributed by atoms with van der Waals surface area (Å²) in [4.78, 5) is 29.2. The maximum absolute atomic E-state index is 13.1. The fourth-order valence-electron chi connectivity index (χ4n) is 3.20. The lowest BCUT2D eigenvalue weighted by atomic mass is 9.91. The number of hydrogen-bond donors (Lipinski definition) is 0. The molecule has 1 aromatic rings. The normalized spacial score (nSPS) is 16.9. The molecule has 1 fully saturated rings. The van der Waals surface area contributed by atoms with Crippen molar-refractivity contribution in [2.75, 3.05) is 40.0 Å². The zero-order valence-electron chi connectivity index (χ0n) is 17.6. The molecular formula is C21H34N2O5. The number of hydrogen-bond acceptors (Lipinski definition) is 5. The number of methoxy groups -OCH3 is 1. The molecule has 1 unspecified atom stereocenters. The summed E-state index contributed by atoms with van der Waals surface area (Å²) in [5, 5.41) is 0. The van der Waals surface area contributed by atoms with E-state index >= 15 is 0 Å². The molecule has 1 saturated heterocycles. The van der Waals surface area contributed by atoms with E-state index in [1.54, 1.807) is 23.2 Å². The molecule has 0 aromatic carbocycles. The van der Waals surface area contributed by atoms with E-state index < -0.39 is 0 Å². The van der Waals surface area contributed by atoms with Gasteiger partial charge in [0, 0.05) is 33.2 Å². The van der Waals surface area contributed by atoms with Gasteiger partial charge in [-0.25, -0.2) is 0 Å². The molecule has 1 atom stereocenters. The summed E-state index contributed by atoms with van der Waals surface area (Å²) in [7, 11) is 1.59. The topological polar surface area (TPSA) is 72.2 Å². The van der Waals surface area contributed by atoms with Crippen molar-refractivity contribution in [2.24, 2.45) is 5.41 Å². The molecule has 1 aliphatic rings. The second-order valence-electron chi connectivity index (χ2n) is 8.53. The number of furan rings is 1. The van der Waals surface area contributed by atoms with Crippen LogP contribution in [0.15, 0.2) is 22.8 Å².